The van der Waals surface area contributed by atoms with E-state index in [1.54, 1.807) is 35.7 Å². The Labute approximate surface area is 158 Å². The van der Waals surface area contributed by atoms with Crippen molar-refractivity contribution in [2.45, 2.75) is 0 Å². The van der Waals surface area contributed by atoms with Gasteiger partial charge in [0.05, 0.1) is 5.69 Å². The second-order valence-corrected chi connectivity index (χ2v) is 6.85. The molecule has 0 aliphatic rings. The lowest BCUT2D eigenvalue weighted by molar-refractivity contribution is 0.0995. The van der Waals surface area contributed by atoms with E-state index in [1.165, 1.54) is 23.5 Å². The number of carbonyl (C=O) groups excluding carboxylic acids is 1. The van der Waals surface area contributed by atoms with E-state index in [-0.39, 0.29) is 17.5 Å². The second-order valence-electron chi connectivity index (χ2n) is 5.15. The Morgan fingerprint density at radius 2 is 1.96 bits per heavy atom. The first-order valence-corrected chi connectivity index (χ1v) is 9.01. The zero-order valence-corrected chi connectivity index (χ0v) is 15.3. The number of nitrogens with zero attached hydrogens (tertiary/aromatic N) is 2. The molecule has 1 amide bonds. The quantitative estimate of drug-likeness (QED) is 0.477. The van der Waals surface area contributed by atoms with Gasteiger partial charge >= 0.3 is 0 Å². The minimum atomic E-state index is -0.395. The number of thiophene rings is 1. The van der Waals surface area contributed by atoms with Crippen LogP contribution in [0, 0.1) is 5.82 Å². The standard InChI is InChI=1S/C17H9BrFN3O3S/c18-13-6-5-12(24-13)16(23)20-11-7-8-26-14(11)17-21-15(22-25-17)9-1-3-10(19)4-2-9/h1-8H,(H,20,23). The predicted molar refractivity (Wildman–Crippen MR) is 97.4 cm³/mol. The highest BCUT2D eigenvalue weighted by molar-refractivity contribution is 9.10. The SMILES string of the molecule is O=C(Nc1ccsc1-c1nc(-c2ccc(F)cc2)no1)c1ccc(Br)o1. The van der Waals surface area contributed by atoms with Crippen molar-refractivity contribution in [1.29, 1.82) is 0 Å². The molecule has 0 saturated heterocycles. The largest absolute Gasteiger partial charge is 0.444 e. The minimum Gasteiger partial charge on any atom is -0.444 e. The summed E-state index contributed by atoms with van der Waals surface area (Å²) in [5.74, 6) is 0.0290. The molecule has 0 fully saturated rings. The lowest BCUT2D eigenvalue weighted by Crippen LogP contribution is -2.10. The first kappa shape index (κ1) is 16.7. The van der Waals surface area contributed by atoms with Crippen molar-refractivity contribution in [3.63, 3.8) is 0 Å². The predicted octanol–water partition coefficient (Wildman–Crippen LogP) is 5.21. The van der Waals surface area contributed by atoms with E-state index in [0.29, 0.717) is 26.6 Å². The highest BCUT2D eigenvalue weighted by Gasteiger charge is 2.19. The highest BCUT2D eigenvalue weighted by atomic mass is 79.9. The molecule has 0 spiro atoms. The maximum atomic E-state index is 13.0. The van der Waals surface area contributed by atoms with Crippen molar-refractivity contribution in [3.8, 4) is 22.2 Å². The molecule has 0 bridgehead atoms. The van der Waals surface area contributed by atoms with Gasteiger partial charge in [-0.05, 0) is 63.8 Å². The third-order valence-electron chi connectivity index (χ3n) is 3.43. The van der Waals surface area contributed by atoms with Gasteiger partial charge in [-0.2, -0.15) is 4.98 Å². The Morgan fingerprint density at radius 3 is 2.69 bits per heavy atom. The van der Waals surface area contributed by atoms with E-state index < -0.39 is 5.91 Å². The number of amides is 1. The molecule has 130 valence electrons. The zero-order valence-electron chi connectivity index (χ0n) is 12.9. The summed E-state index contributed by atoms with van der Waals surface area (Å²) >= 11 is 4.50. The number of benzene rings is 1. The van der Waals surface area contributed by atoms with E-state index >= 15 is 0 Å². The molecular formula is C17H9BrFN3O3S. The highest BCUT2D eigenvalue weighted by Crippen LogP contribution is 2.34. The third-order valence-corrected chi connectivity index (χ3v) is 4.76. The molecule has 3 aromatic heterocycles. The van der Waals surface area contributed by atoms with Crippen LogP contribution in [-0.4, -0.2) is 16.0 Å². The number of hydrogen-bond donors (Lipinski definition) is 1. The van der Waals surface area contributed by atoms with Crippen molar-refractivity contribution >= 4 is 38.9 Å². The molecule has 0 aliphatic carbocycles. The van der Waals surface area contributed by atoms with Crippen molar-refractivity contribution in [2.24, 2.45) is 0 Å². The summed E-state index contributed by atoms with van der Waals surface area (Å²) in [6.45, 7) is 0. The molecule has 6 nitrogen and oxygen atoms in total. The van der Waals surface area contributed by atoms with Crippen LogP contribution in [0.25, 0.3) is 22.2 Å². The van der Waals surface area contributed by atoms with E-state index in [0.717, 1.165) is 0 Å². The van der Waals surface area contributed by atoms with Gasteiger partial charge in [-0.15, -0.1) is 11.3 Å². The molecule has 0 saturated carbocycles. The van der Waals surface area contributed by atoms with Crippen molar-refractivity contribution in [3.05, 3.63) is 64.1 Å². The van der Waals surface area contributed by atoms with Crippen molar-refractivity contribution < 1.29 is 18.1 Å². The van der Waals surface area contributed by atoms with Gasteiger partial charge in [-0.1, -0.05) is 5.16 Å². The fourth-order valence-corrected chi connectivity index (χ4v) is 3.30. The number of furan rings is 1. The number of aromatic nitrogens is 2. The Morgan fingerprint density at radius 1 is 1.15 bits per heavy atom. The van der Waals surface area contributed by atoms with Crippen molar-refractivity contribution in [1.82, 2.24) is 10.1 Å². The van der Waals surface area contributed by atoms with E-state index in [1.807, 2.05) is 0 Å². The summed E-state index contributed by atoms with van der Waals surface area (Å²) in [5.41, 5.74) is 1.16. The maximum Gasteiger partial charge on any atom is 0.291 e. The molecule has 1 N–H and O–H groups in total. The average molecular weight is 434 g/mol. The fraction of sp³-hybridized carbons (Fsp3) is 0. The Hall–Kier alpha value is -2.78. The van der Waals surface area contributed by atoms with Gasteiger partial charge < -0.3 is 14.3 Å². The second kappa shape index (κ2) is 6.85. The Kier molecular flexibility index (Phi) is 4.39. The van der Waals surface area contributed by atoms with Gasteiger partial charge in [0.25, 0.3) is 11.8 Å². The fourth-order valence-electron chi connectivity index (χ4n) is 2.23. The normalized spacial score (nSPS) is 10.8. The molecule has 9 heteroatoms. The number of hydrogen-bond acceptors (Lipinski definition) is 6. The van der Waals surface area contributed by atoms with Crippen LogP contribution in [0.1, 0.15) is 10.6 Å². The van der Waals surface area contributed by atoms with E-state index in [9.17, 15) is 9.18 Å². The monoisotopic (exact) mass is 433 g/mol. The zero-order chi connectivity index (χ0) is 18.1. The summed E-state index contributed by atoms with van der Waals surface area (Å²) < 4.78 is 24.0. The summed E-state index contributed by atoms with van der Waals surface area (Å²) in [6, 6.07) is 10.7. The van der Waals surface area contributed by atoms with Gasteiger partial charge in [-0.3, -0.25) is 4.79 Å². The minimum absolute atomic E-state index is 0.173. The number of halogens is 2. The number of carbonyl (C=O) groups is 1. The van der Waals surface area contributed by atoms with Crippen LogP contribution >= 0.6 is 27.3 Å². The number of nitrogens with one attached hydrogen (secondary N) is 1. The first-order chi connectivity index (χ1) is 12.6. The summed E-state index contributed by atoms with van der Waals surface area (Å²) in [7, 11) is 0. The summed E-state index contributed by atoms with van der Waals surface area (Å²) in [5, 5.41) is 8.47. The molecule has 3 heterocycles. The van der Waals surface area contributed by atoms with Gasteiger partial charge in [-0.25, -0.2) is 4.39 Å². The molecule has 4 aromatic rings. The number of rotatable bonds is 4. The first-order valence-electron chi connectivity index (χ1n) is 7.34. The average Bonchev–Trinajstić information content (AvgIpc) is 3.35. The Bertz CT molecular complexity index is 1070. The van der Waals surface area contributed by atoms with Crippen molar-refractivity contribution in [2.75, 3.05) is 5.32 Å². The topological polar surface area (TPSA) is 81.2 Å². The van der Waals surface area contributed by atoms with Crippen LogP contribution in [-0.2, 0) is 0 Å². The Balaban J connectivity index is 1.59. The van der Waals surface area contributed by atoms with Crippen LogP contribution in [0.2, 0.25) is 0 Å². The molecule has 0 atom stereocenters. The lowest BCUT2D eigenvalue weighted by Gasteiger charge is -2.01. The van der Waals surface area contributed by atoms with Gasteiger partial charge in [0.2, 0.25) is 5.82 Å². The summed E-state index contributed by atoms with van der Waals surface area (Å²) in [6.07, 6.45) is 0. The molecule has 4 rings (SSSR count). The number of anilines is 1. The molecular weight excluding hydrogens is 425 g/mol. The molecule has 0 aliphatic heterocycles. The van der Waals surface area contributed by atoms with Gasteiger partial charge in [0, 0.05) is 5.56 Å². The van der Waals surface area contributed by atoms with E-state index in [2.05, 4.69) is 31.4 Å². The van der Waals surface area contributed by atoms with Gasteiger partial charge in [0.15, 0.2) is 10.4 Å². The molecule has 0 radical (unpaired) electrons. The molecule has 26 heavy (non-hydrogen) atoms. The van der Waals surface area contributed by atoms with Crippen LogP contribution in [0.15, 0.2) is 61.5 Å². The smallest absolute Gasteiger partial charge is 0.291 e. The summed E-state index contributed by atoms with van der Waals surface area (Å²) in [4.78, 5) is 17.2. The van der Waals surface area contributed by atoms with Crippen LogP contribution in [0.5, 0.6) is 0 Å². The van der Waals surface area contributed by atoms with Crippen LogP contribution in [0.3, 0.4) is 0 Å². The third kappa shape index (κ3) is 3.31. The lowest BCUT2D eigenvalue weighted by atomic mass is 10.2. The van der Waals surface area contributed by atoms with Crippen LogP contribution < -0.4 is 5.32 Å². The van der Waals surface area contributed by atoms with Gasteiger partial charge in [0.1, 0.15) is 10.7 Å². The van der Waals surface area contributed by atoms with E-state index in [4.69, 9.17) is 8.94 Å². The molecule has 0 unspecified atom stereocenters. The van der Waals surface area contributed by atoms with Crippen LogP contribution in [0.4, 0.5) is 10.1 Å². The molecule has 1 aromatic carbocycles. The maximum absolute atomic E-state index is 13.0.